The summed E-state index contributed by atoms with van der Waals surface area (Å²) < 4.78 is 9.67. The summed E-state index contributed by atoms with van der Waals surface area (Å²) in [5.74, 6) is 0.467. The minimum Gasteiger partial charge on any atom is -0.482 e. The Labute approximate surface area is 198 Å². The zero-order valence-corrected chi connectivity index (χ0v) is 19.9. The molecule has 0 amide bonds. The van der Waals surface area contributed by atoms with Crippen LogP contribution in [0.2, 0.25) is 0 Å². The molecule has 1 aliphatic heterocycles. The smallest absolute Gasteiger partial charge is 0.148 e. The maximum absolute atomic E-state index is 9.60. The van der Waals surface area contributed by atoms with Gasteiger partial charge in [0.2, 0.25) is 0 Å². The van der Waals surface area contributed by atoms with E-state index in [1.165, 1.54) is 6.20 Å². The minimum absolute atomic E-state index is 0.185. The van der Waals surface area contributed by atoms with Crippen LogP contribution in [0.5, 0.6) is 5.75 Å². The van der Waals surface area contributed by atoms with Crippen LogP contribution in [-0.2, 0) is 0 Å². The number of aromatic nitrogens is 5. The second kappa shape index (κ2) is 10.0. The minimum atomic E-state index is -0.415. The van der Waals surface area contributed by atoms with Crippen LogP contribution in [0, 0.1) is 16.9 Å². The molecule has 4 heterocycles. The molecule has 3 aromatic rings. The van der Waals surface area contributed by atoms with Crippen molar-refractivity contribution in [2.24, 2.45) is 5.11 Å². The Kier molecular flexibility index (Phi) is 6.88. The van der Waals surface area contributed by atoms with Crippen molar-refractivity contribution in [3.8, 4) is 11.8 Å². The summed E-state index contributed by atoms with van der Waals surface area (Å²) in [7, 11) is 0. The predicted octanol–water partition coefficient (Wildman–Crippen LogP) is 3.58. The molecule has 1 fully saturated rings. The first-order valence-electron chi connectivity index (χ1n) is 11.5. The number of nitriles is 1. The highest BCUT2D eigenvalue weighted by molar-refractivity contribution is 5.75. The van der Waals surface area contributed by atoms with Crippen LogP contribution in [0.15, 0.2) is 35.5 Å². The van der Waals surface area contributed by atoms with Crippen LogP contribution >= 0.6 is 0 Å². The van der Waals surface area contributed by atoms with Gasteiger partial charge in [0.25, 0.3) is 0 Å². The van der Waals surface area contributed by atoms with Gasteiger partial charge in [0, 0.05) is 29.5 Å². The number of nitrogens with one attached hydrogen (secondary N) is 3. The molecule has 1 unspecified atom stereocenters. The van der Waals surface area contributed by atoms with E-state index in [1.54, 1.807) is 15.4 Å². The fourth-order valence-electron chi connectivity index (χ4n) is 4.07. The maximum atomic E-state index is 9.60. The molecule has 1 aliphatic rings. The van der Waals surface area contributed by atoms with Crippen molar-refractivity contribution in [1.29, 1.82) is 10.8 Å². The quantitative estimate of drug-likeness (QED) is 0.434. The van der Waals surface area contributed by atoms with Crippen molar-refractivity contribution < 1.29 is 4.74 Å². The second-order valence-electron chi connectivity index (χ2n) is 8.79. The summed E-state index contributed by atoms with van der Waals surface area (Å²) >= 11 is 0. The standard InChI is InChI=1S/C23H30N10O/c1-14(2)32-13-20(30-31-32)16(4)34-21-9-17(12-33-23(21)18(10-24)11-27-33)22(29-25)15(3)28-19-5-7-26-8-6-19/h9,11-14,16,19,25-26,28H,5-8H2,1-4H3/b22-15-,29-25?. The van der Waals surface area contributed by atoms with E-state index < -0.39 is 6.10 Å². The maximum Gasteiger partial charge on any atom is 0.148 e. The zero-order valence-electron chi connectivity index (χ0n) is 19.9. The number of hydrogen-bond donors (Lipinski definition) is 3. The van der Waals surface area contributed by atoms with Crippen molar-refractivity contribution >= 4 is 11.2 Å². The number of allylic oxidation sites excluding steroid dienone is 1. The van der Waals surface area contributed by atoms with Crippen LogP contribution in [0.25, 0.3) is 11.2 Å². The number of ether oxygens (including phenoxy) is 1. The molecule has 4 rings (SSSR count). The van der Waals surface area contributed by atoms with Crippen molar-refractivity contribution in [3.05, 3.63) is 47.2 Å². The summed E-state index contributed by atoms with van der Waals surface area (Å²) in [5, 5.41) is 33.0. The highest BCUT2D eigenvalue weighted by Crippen LogP contribution is 2.32. The van der Waals surface area contributed by atoms with E-state index in [0.717, 1.165) is 31.6 Å². The van der Waals surface area contributed by atoms with Gasteiger partial charge in [0.1, 0.15) is 40.4 Å². The molecule has 0 radical (unpaired) electrons. The van der Waals surface area contributed by atoms with Crippen molar-refractivity contribution in [2.45, 2.75) is 58.7 Å². The van der Waals surface area contributed by atoms with Crippen LogP contribution in [0.1, 0.15) is 69.5 Å². The lowest BCUT2D eigenvalue weighted by Crippen LogP contribution is -2.39. The Morgan fingerprint density at radius 1 is 1.32 bits per heavy atom. The van der Waals surface area contributed by atoms with Crippen LogP contribution < -0.4 is 15.4 Å². The lowest BCUT2D eigenvalue weighted by Gasteiger charge is -2.25. The largest absolute Gasteiger partial charge is 0.482 e. The molecular weight excluding hydrogens is 432 g/mol. The molecule has 3 N–H and O–H groups in total. The molecule has 0 aromatic carbocycles. The molecule has 34 heavy (non-hydrogen) atoms. The molecule has 1 atom stereocenters. The molecule has 0 aliphatic carbocycles. The number of hydrogen-bond acceptors (Lipinski definition) is 9. The number of rotatable bonds is 8. The molecule has 11 nitrogen and oxygen atoms in total. The van der Waals surface area contributed by atoms with E-state index >= 15 is 0 Å². The second-order valence-corrected chi connectivity index (χ2v) is 8.79. The molecule has 3 aromatic heterocycles. The highest BCUT2D eigenvalue weighted by Gasteiger charge is 2.21. The van der Waals surface area contributed by atoms with E-state index in [4.69, 9.17) is 10.3 Å². The normalized spacial score (nSPS) is 16.2. The van der Waals surface area contributed by atoms with Gasteiger partial charge in [0.05, 0.1) is 12.4 Å². The first kappa shape index (κ1) is 23.4. The van der Waals surface area contributed by atoms with Gasteiger partial charge in [-0.05, 0) is 59.7 Å². The third kappa shape index (κ3) is 4.77. The Balaban J connectivity index is 1.71. The van der Waals surface area contributed by atoms with E-state index in [2.05, 4.69) is 37.2 Å². The summed E-state index contributed by atoms with van der Waals surface area (Å²) in [4.78, 5) is 0. The third-order valence-electron chi connectivity index (χ3n) is 5.97. The molecule has 1 saturated heterocycles. The molecular formula is C23H30N10O. The Bertz CT molecular complexity index is 1240. The summed E-state index contributed by atoms with van der Waals surface area (Å²) in [5.41, 5.74) is 11.5. The number of fused-ring (bicyclic) bond motifs is 1. The van der Waals surface area contributed by atoms with Crippen LogP contribution in [-0.4, -0.2) is 43.7 Å². The zero-order chi connectivity index (χ0) is 24.2. The van der Waals surface area contributed by atoms with E-state index in [-0.39, 0.29) is 6.04 Å². The average Bonchev–Trinajstić information content (AvgIpc) is 3.48. The average molecular weight is 463 g/mol. The monoisotopic (exact) mass is 462 g/mol. The fourth-order valence-corrected chi connectivity index (χ4v) is 4.07. The molecule has 0 bridgehead atoms. The van der Waals surface area contributed by atoms with Crippen molar-refractivity contribution in [3.63, 3.8) is 0 Å². The third-order valence-corrected chi connectivity index (χ3v) is 5.97. The van der Waals surface area contributed by atoms with Gasteiger partial charge in [-0.15, -0.1) is 5.10 Å². The number of nitrogens with zero attached hydrogens (tertiary/aromatic N) is 7. The van der Waals surface area contributed by atoms with Crippen LogP contribution in [0.3, 0.4) is 0 Å². The molecule has 0 spiro atoms. The van der Waals surface area contributed by atoms with Gasteiger partial charge in [-0.2, -0.15) is 15.5 Å². The lowest BCUT2D eigenvalue weighted by molar-refractivity contribution is 0.223. The number of pyridine rings is 1. The topological polar surface area (TPSA) is 141 Å². The summed E-state index contributed by atoms with van der Waals surface area (Å²) in [6, 6.07) is 4.50. The fraction of sp³-hybridized carbons (Fsp3) is 0.478. The van der Waals surface area contributed by atoms with Gasteiger partial charge in [-0.25, -0.2) is 14.7 Å². The Morgan fingerprint density at radius 2 is 2.09 bits per heavy atom. The van der Waals surface area contributed by atoms with Gasteiger partial charge in [0.15, 0.2) is 0 Å². The van der Waals surface area contributed by atoms with Crippen LogP contribution in [0.4, 0.5) is 0 Å². The SMILES string of the molecule is C/C(NC1CCNCC1)=C(/N=N)c1cc(OC(C)c2cn(C(C)C)nn2)c2c(C#N)cnn2c1. The first-order valence-corrected chi connectivity index (χ1v) is 11.5. The van der Waals surface area contributed by atoms with E-state index in [9.17, 15) is 5.26 Å². The summed E-state index contributed by atoms with van der Waals surface area (Å²) in [6.45, 7) is 9.80. The number of piperidine rings is 1. The predicted molar refractivity (Wildman–Crippen MR) is 126 cm³/mol. The van der Waals surface area contributed by atoms with E-state index in [0.29, 0.717) is 39.8 Å². The van der Waals surface area contributed by atoms with Gasteiger partial charge in [-0.3, -0.25) is 0 Å². The lowest BCUT2D eigenvalue weighted by atomic mass is 10.1. The summed E-state index contributed by atoms with van der Waals surface area (Å²) in [6.07, 6.45) is 6.74. The van der Waals surface area contributed by atoms with Gasteiger partial charge >= 0.3 is 0 Å². The van der Waals surface area contributed by atoms with Crippen molar-refractivity contribution in [2.75, 3.05) is 13.1 Å². The highest BCUT2D eigenvalue weighted by atomic mass is 16.5. The molecule has 11 heteroatoms. The Morgan fingerprint density at radius 3 is 2.74 bits per heavy atom. The molecule has 0 saturated carbocycles. The first-order chi connectivity index (χ1) is 16.4. The van der Waals surface area contributed by atoms with E-state index in [1.807, 2.05) is 40.0 Å². The van der Waals surface area contributed by atoms with Gasteiger partial charge < -0.3 is 15.4 Å². The van der Waals surface area contributed by atoms with Gasteiger partial charge in [-0.1, -0.05) is 5.21 Å². The van der Waals surface area contributed by atoms with Crippen molar-refractivity contribution in [1.82, 2.24) is 35.2 Å². The molecule has 178 valence electrons. The Hall–Kier alpha value is -3.78.